The molecule has 19 heavy (non-hydrogen) atoms. The van der Waals surface area contributed by atoms with Crippen LogP contribution in [-0.2, 0) is 0 Å². The van der Waals surface area contributed by atoms with E-state index in [1.165, 1.54) is 18.5 Å². The Labute approximate surface area is 109 Å². The summed E-state index contributed by atoms with van der Waals surface area (Å²) in [4.78, 5) is 28.0. The van der Waals surface area contributed by atoms with Gasteiger partial charge in [-0.2, -0.15) is 0 Å². The number of carbonyl (C=O) groups is 2. The number of aliphatic hydroxyl groups excluding tert-OH is 1. The van der Waals surface area contributed by atoms with Crippen LogP contribution in [0.25, 0.3) is 0 Å². The van der Waals surface area contributed by atoms with Crippen molar-refractivity contribution in [1.82, 2.24) is 9.88 Å². The summed E-state index contributed by atoms with van der Waals surface area (Å²) < 4.78 is 0. The van der Waals surface area contributed by atoms with Crippen LogP contribution in [0, 0.1) is 0 Å². The third kappa shape index (κ3) is 3.41. The van der Waals surface area contributed by atoms with Crippen molar-refractivity contribution in [3.8, 4) is 0 Å². The van der Waals surface area contributed by atoms with Gasteiger partial charge in [0, 0.05) is 19.3 Å². The van der Waals surface area contributed by atoms with Crippen molar-refractivity contribution in [2.24, 2.45) is 0 Å². The molecule has 0 unspecified atom stereocenters. The van der Waals surface area contributed by atoms with Crippen molar-refractivity contribution >= 4 is 17.7 Å². The molecule has 0 radical (unpaired) electrons. The number of pyridine rings is 1. The Morgan fingerprint density at radius 2 is 2.00 bits per heavy atom. The Balaban J connectivity index is 1.98. The number of aromatic nitrogens is 1. The van der Waals surface area contributed by atoms with E-state index in [0.717, 1.165) is 0 Å². The maximum absolute atomic E-state index is 11.9. The number of anilines is 1. The summed E-state index contributed by atoms with van der Waals surface area (Å²) >= 11 is 0. The van der Waals surface area contributed by atoms with Crippen LogP contribution in [-0.4, -0.2) is 51.3 Å². The fraction of sp³-hybridized carbons (Fsp3) is 0.417. The third-order valence-electron chi connectivity index (χ3n) is 2.99. The average Bonchev–Trinajstić information content (AvgIpc) is 2.39. The quantitative estimate of drug-likeness (QED) is 0.732. The molecule has 0 aromatic carbocycles. The summed E-state index contributed by atoms with van der Waals surface area (Å²) in [6.07, 6.45) is 3.38. The first-order valence-corrected chi connectivity index (χ1v) is 5.98. The number of aliphatic hydroxyl groups is 1. The Morgan fingerprint density at radius 1 is 1.32 bits per heavy atom. The number of carbonyl (C=O) groups excluding carboxylic acids is 1. The molecule has 1 saturated heterocycles. The number of carboxylic acids is 1. The smallest absolute Gasteiger partial charge is 0.337 e. The monoisotopic (exact) mass is 265 g/mol. The van der Waals surface area contributed by atoms with Gasteiger partial charge in [-0.3, -0.25) is 4.98 Å². The second kappa shape index (κ2) is 5.66. The third-order valence-corrected chi connectivity index (χ3v) is 2.99. The molecule has 7 heteroatoms. The van der Waals surface area contributed by atoms with Gasteiger partial charge in [-0.25, -0.2) is 9.59 Å². The minimum absolute atomic E-state index is 0.0202. The molecule has 0 atom stereocenters. The fourth-order valence-corrected chi connectivity index (χ4v) is 1.90. The first-order chi connectivity index (χ1) is 9.06. The van der Waals surface area contributed by atoms with Crippen LogP contribution in [0.4, 0.5) is 10.5 Å². The molecule has 1 aromatic rings. The fourth-order valence-electron chi connectivity index (χ4n) is 1.90. The largest absolute Gasteiger partial charge is 0.478 e. The lowest BCUT2D eigenvalue weighted by atomic mass is 10.1. The zero-order valence-corrected chi connectivity index (χ0v) is 10.2. The number of likely N-dealkylation sites (tertiary alicyclic amines) is 1. The Bertz CT molecular complexity index is 484. The number of aromatic carboxylic acids is 1. The lowest BCUT2D eigenvalue weighted by Crippen LogP contribution is -2.42. The van der Waals surface area contributed by atoms with E-state index in [4.69, 9.17) is 5.11 Å². The number of hydrogen-bond acceptors (Lipinski definition) is 4. The van der Waals surface area contributed by atoms with Crippen LogP contribution in [0.2, 0.25) is 0 Å². The number of carboxylic acid groups (broad SMARTS) is 1. The van der Waals surface area contributed by atoms with E-state index < -0.39 is 5.97 Å². The summed E-state index contributed by atoms with van der Waals surface area (Å²) in [6, 6.07) is 1.04. The van der Waals surface area contributed by atoms with E-state index >= 15 is 0 Å². The molecule has 2 rings (SSSR count). The summed E-state index contributed by atoms with van der Waals surface area (Å²) in [5, 5.41) is 20.8. The van der Waals surface area contributed by atoms with Gasteiger partial charge in [0.15, 0.2) is 0 Å². The normalized spacial score (nSPS) is 16.2. The highest BCUT2D eigenvalue weighted by Gasteiger charge is 2.21. The molecule has 0 bridgehead atoms. The Kier molecular flexibility index (Phi) is 3.96. The molecule has 1 fully saturated rings. The second-order valence-corrected chi connectivity index (χ2v) is 4.42. The molecule has 2 amide bonds. The molecule has 102 valence electrons. The first-order valence-electron chi connectivity index (χ1n) is 5.98. The summed E-state index contributed by atoms with van der Waals surface area (Å²) in [5.41, 5.74) is 0.364. The molecule has 0 saturated carbocycles. The van der Waals surface area contributed by atoms with Crippen molar-refractivity contribution < 1.29 is 19.8 Å². The maximum Gasteiger partial charge on any atom is 0.337 e. The van der Waals surface area contributed by atoms with Crippen LogP contribution in [0.3, 0.4) is 0 Å². The van der Waals surface area contributed by atoms with Gasteiger partial charge in [0.2, 0.25) is 0 Å². The Morgan fingerprint density at radius 3 is 2.63 bits per heavy atom. The van der Waals surface area contributed by atoms with Gasteiger partial charge in [-0.05, 0) is 18.9 Å². The van der Waals surface area contributed by atoms with Crippen LogP contribution >= 0.6 is 0 Å². The molecule has 2 heterocycles. The van der Waals surface area contributed by atoms with Crippen molar-refractivity contribution in [1.29, 1.82) is 0 Å². The summed E-state index contributed by atoms with van der Waals surface area (Å²) in [6.45, 7) is 0.970. The van der Waals surface area contributed by atoms with Crippen LogP contribution in [0.1, 0.15) is 23.2 Å². The zero-order valence-electron chi connectivity index (χ0n) is 10.2. The molecule has 1 aliphatic heterocycles. The minimum atomic E-state index is -1.09. The Hall–Kier alpha value is -2.15. The molecule has 0 spiro atoms. The molecule has 1 aromatic heterocycles. The number of nitrogens with zero attached hydrogens (tertiary/aromatic N) is 2. The topological polar surface area (TPSA) is 103 Å². The number of urea groups is 1. The summed E-state index contributed by atoms with van der Waals surface area (Å²) in [7, 11) is 0. The standard InChI is InChI=1S/C12H15N3O4/c16-10-1-3-15(4-2-10)12(19)14-9-5-8(11(17)18)6-13-7-9/h5-7,10,16H,1-4H2,(H,14,19)(H,17,18). The average molecular weight is 265 g/mol. The molecule has 7 nitrogen and oxygen atoms in total. The minimum Gasteiger partial charge on any atom is -0.478 e. The number of piperidine rings is 1. The molecule has 0 aliphatic carbocycles. The lowest BCUT2D eigenvalue weighted by molar-refractivity contribution is 0.0696. The molecule has 1 aliphatic rings. The highest BCUT2D eigenvalue weighted by Crippen LogP contribution is 2.13. The van der Waals surface area contributed by atoms with Gasteiger partial charge in [-0.1, -0.05) is 0 Å². The molecule has 3 N–H and O–H groups in total. The van der Waals surface area contributed by atoms with E-state index in [2.05, 4.69) is 10.3 Å². The van der Waals surface area contributed by atoms with Gasteiger partial charge in [-0.15, -0.1) is 0 Å². The van der Waals surface area contributed by atoms with Crippen LogP contribution in [0.15, 0.2) is 18.5 Å². The van der Waals surface area contributed by atoms with E-state index in [9.17, 15) is 14.7 Å². The van der Waals surface area contributed by atoms with Gasteiger partial charge in [0.05, 0.1) is 23.6 Å². The van der Waals surface area contributed by atoms with Gasteiger partial charge in [0.1, 0.15) is 0 Å². The van der Waals surface area contributed by atoms with Gasteiger partial charge < -0.3 is 20.4 Å². The van der Waals surface area contributed by atoms with Crippen molar-refractivity contribution in [3.05, 3.63) is 24.0 Å². The summed E-state index contributed by atoms with van der Waals surface area (Å²) in [5.74, 6) is -1.09. The predicted octanol–water partition coefficient (Wildman–Crippen LogP) is 0.768. The molecular formula is C12H15N3O4. The van der Waals surface area contributed by atoms with Crippen molar-refractivity contribution in [3.63, 3.8) is 0 Å². The zero-order chi connectivity index (χ0) is 13.8. The van der Waals surface area contributed by atoms with E-state index in [1.54, 1.807) is 4.90 Å². The van der Waals surface area contributed by atoms with E-state index in [-0.39, 0.29) is 17.7 Å². The number of amides is 2. The van der Waals surface area contributed by atoms with E-state index in [0.29, 0.717) is 31.6 Å². The SMILES string of the molecule is O=C(O)c1cncc(NC(=O)N2CCC(O)CC2)c1. The molecular weight excluding hydrogens is 250 g/mol. The second-order valence-electron chi connectivity index (χ2n) is 4.42. The number of rotatable bonds is 2. The van der Waals surface area contributed by atoms with Gasteiger partial charge >= 0.3 is 12.0 Å². The van der Waals surface area contributed by atoms with Gasteiger partial charge in [0.25, 0.3) is 0 Å². The lowest BCUT2D eigenvalue weighted by Gasteiger charge is -2.29. The van der Waals surface area contributed by atoms with Crippen LogP contribution < -0.4 is 5.32 Å². The highest BCUT2D eigenvalue weighted by molar-refractivity contribution is 5.92. The van der Waals surface area contributed by atoms with Crippen molar-refractivity contribution in [2.75, 3.05) is 18.4 Å². The van der Waals surface area contributed by atoms with Crippen LogP contribution in [0.5, 0.6) is 0 Å². The number of nitrogens with one attached hydrogen (secondary N) is 1. The highest BCUT2D eigenvalue weighted by atomic mass is 16.4. The number of hydrogen-bond donors (Lipinski definition) is 3. The van der Waals surface area contributed by atoms with E-state index in [1.807, 2.05) is 0 Å². The first kappa shape index (κ1) is 13.3. The van der Waals surface area contributed by atoms with Crippen molar-refractivity contribution in [2.45, 2.75) is 18.9 Å². The maximum atomic E-state index is 11.9. The predicted molar refractivity (Wildman–Crippen MR) is 67.0 cm³/mol.